The summed E-state index contributed by atoms with van der Waals surface area (Å²) in [7, 11) is 4.56. The zero-order chi connectivity index (χ0) is 15.9. The zero-order valence-corrected chi connectivity index (χ0v) is 12.8. The molecule has 0 spiro atoms. The number of nitrogens with one attached hydrogen (secondary N) is 1. The van der Waals surface area contributed by atoms with Crippen LogP contribution in [0.3, 0.4) is 0 Å². The van der Waals surface area contributed by atoms with Crippen LogP contribution < -0.4 is 9.47 Å². The van der Waals surface area contributed by atoms with Crippen LogP contribution in [0.15, 0.2) is 42.5 Å². The van der Waals surface area contributed by atoms with E-state index in [4.69, 9.17) is 19.6 Å². The van der Waals surface area contributed by atoms with Crippen LogP contribution in [0.1, 0.15) is 16.7 Å². The maximum Gasteiger partial charge on any atom is 0.214 e. The molecule has 2 rings (SSSR count). The summed E-state index contributed by atoms with van der Waals surface area (Å²) >= 11 is 0. The molecule has 0 aliphatic heterocycles. The Morgan fingerprint density at radius 2 is 1.55 bits per heavy atom. The first kappa shape index (κ1) is 15.5. The molecular weight excluding hydrogens is 278 g/mol. The van der Waals surface area contributed by atoms with Gasteiger partial charge in [-0.25, -0.2) is 0 Å². The molecule has 2 aromatic rings. The highest BCUT2D eigenvalue weighted by Gasteiger charge is 2.14. The average Bonchev–Trinajstić information content (AvgIpc) is 2.59. The van der Waals surface area contributed by atoms with E-state index in [0.717, 1.165) is 5.56 Å². The molecular formula is C18H17NO3. The number of methoxy groups -OCH3 is 3. The summed E-state index contributed by atoms with van der Waals surface area (Å²) in [5.41, 5.74) is 2.10. The second-order valence-electron chi connectivity index (χ2n) is 4.40. The fourth-order valence-corrected chi connectivity index (χ4v) is 1.94. The number of hydrogen-bond acceptors (Lipinski definition) is 4. The number of hydrogen-bond donors (Lipinski definition) is 1. The van der Waals surface area contributed by atoms with Crippen molar-refractivity contribution in [2.45, 2.75) is 0 Å². The van der Waals surface area contributed by atoms with Crippen LogP contribution in [0.25, 0.3) is 0 Å². The van der Waals surface area contributed by atoms with Crippen LogP contribution in [0.2, 0.25) is 0 Å². The molecule has 0 saturated carbocycles. The molecule has 0 aliphatic carbocycles. The van der Waals surface area contributed by atoms with Gasteiger partial charge >= 0.3 is 0 Å². The highest BCUT2D eigenvalue weighted by Crippen LogP contribution is 2.30. The van der Waals surface area contributed by atoms with Crippen LogP contribution in [0.4, 0.5) is 0 Å². The van der Waals surface area contributed by atoms with Gasteiger partial charge in [0, 0.05) is 17.2 Å². The van der Waals surface area contributed by atoms with E-state index in [0.29, 0.717) is 22.6 Å². The molecule has 0 fully saturated rings. The normalized spacial score (nSPS) is 9.41. The minimum absolute atomic E-state index is 0.0262. The molecule has 22 heavy (non-hydrogen) atoms. The van der Waals surface area contributed by atoms with E-state index in [1.54, 1.807) is 26.4 Å². The third-order valence-electron chi connectivity index (χ3n) is 3.09. The Morgan fingerprint density at radius 1 is 0.909 bits per heavy atom. The fraction of sp³-hybridized carbons (Fsp3) is 0.167. The quantitative estimate of drug-likeness (QED) is 0.538. The number of benzene rings is 2. The molecule has 1 N–H and O–H groups in total. The molecule has 0 bridgehead atoms. The van der Waals surface area contributed by atoms with E-state index in [9.17, 15) is 0 Å². The first-order chi connectivity index (χ1) is 10.7. The molecule has 0 atom stereocenters. The molecule has 112 valence electrons. The van der Waals surface area contributed by atoms with Crippen molar-refractivity contribution in [1.82, 2.24) is 0 Å². The van der Waals surface area contributed by atoms with Gasteiger partial charge in [0.1, 0.15) is 0 Å². The van der Waals surface area contributed by atoms with E-state index < -0.39 is 0 Å². The lowest BCUT2D eigenvalue weighted by atomic mass is 10.1. The Balaban J connectivity index is 2.53. The minimum Gasteiger partial charge on any atom is -0.493 e. The monoisotopic (exact) mass is 295 g/mol. The first-order valence-corrected chi connectivity index (χ1v) is 6.65. The van der Waals surface area contributed by atoms with E-state index in [2.05, 4.69) is 11.8 Å². The summed E-state index contributed by atoms with van der Waals surface area (Å²) in [4.78, 5) is 0. The van der Waals surface area contributed by atoms with E-state index >= 15 is 0 Å². The van der Waals surface area contributed by atoms with Gasteiger partial charge in [-0.15, -0.1) is 0 Å². The average molecular weight is 295 g/mol. The first-order valence-electron chi connectivity index (χ1n) is 6.65. The fourth-order valence-electron chi connectivity index (χ4n) is 1.94. The third-order valence-corrected chi connectivity index (χ3v) is 3.09. The van der Waals surface area contributed by atoms with Crippen LogP contribution in [-0.2, 0) is 4.74 Å². The molecule has 0 heterocycles. The molecule has 0 saturated heterocycles. The van der Waals surface area contributed by atoms with Gasteiger partial charge in [0.2, 0.25) is 5.90 Å². The highest BCUT2D eigenvalue weighted by atomic mass is 16.5. The Morgan fingerprint density at radius 3 is 2.14 bits per heavy atom. The topological polar surface area (TPSA) is 51.5 Å². The Hall–Kier alpha value is -2.93. The Labute approximate surface area is 130 Å². The third kappa shape index (κ3) is 3.39. The van der Waals surface area contributed by atoms with Gasteiger partial charge in [-0.1, -0.05) is 30.0 Å². The highest BCUT2D eigenvalue weighted by molar-refractivity contribution is 5.95. The summed E-state index contributed by atoms with van der Waals surface area (Å²) in [5, 5.41) is 7.92. The second-order valence-corrected chi connectivity index (χ2v) is 4.40. The smallest absolute Gasteiger partial charge is 0.214 e. The van der Waals surface area contributed by atoms with E-state index in [1.165, 1.54) is 7.11 Å². The summed E-state index contributed by atoms with van der Waals surface area (Å²) in [6.07, 6.45) is 0. The number of rotatable bonds is 3. The minimum atomic E-state index is 0.0262. The molecule has 4 nitrogen and oxygen atoms in total. The largest absolute Gasteiger partial charge is 0.493 e. The van der Waals surface area contributed by atoms with Crippen LogP contribution in [-0.4, -0.2) is 27.2 Å². The van der Waals surface area contributed by atoms with Crippen molar-refractivity contribution in [2.24, 2.45) is 0 Å². The van der Waals surface area contributed by atoms with Crippen molar-refractivity contribution in [1.29, 1.82) is 5.41 Å². The molecule has 0 unspecified atom stereocenters. The summed E-state index contributed by atoms with van der Waals surface area (Å²) in [6.45, 7) is 0. The molecule has 0 aromatic heterocycles. The van der Waals surface area contributed by atoms with Gasteiger partial charge in [0.05, 0.1) is 26.9 Å². The van der Waals surface area contributed by atoms with Gasteiger partial charge in [-0.05, 0) is 18.2 Å². The van der Waals surface area contributed by atoms with Gasteiger partial charge in [-0.3, -0.25) is 5.41 Å². The summed E-state index contributed by atoms with van der Waals surface area (Å²) < 4.78 is 15.6. The second kappa shape index (κ2) is 7.19. The van der Waals surface area contributed by atoms with Gasteiger partial charge < -0.3 is 14.2 Å². The maximum atomic E-state index is 7.92. The molecule has 4 heteroatoms. The lowest BCUT2D eigenvalue weighted by Gasteiger charge is -2.12. The van der Waals surface area contributed by atoms with Crippen LogP contribution >= 0.6 is 0 Å². The SMILES string of the molecule is COC(=N)c1cc(OC)c(OC)cc1C#Cc1ccccc1. The van der Waals surface area contributed by atoms with Crippen LogP contribution in [0, 0.1) is 17.3 Å². The van der Waals surface area contributed by atoms with Crippen LogP contribution in [0.5, 0.6) is 11.5 Å². The number of ether oxygens (including phenoxy) is 3. The van der Waals surface area contributed by atoms with Crippen molar-refractivity contribution in [2.75, 3.05) is 21.3 Å². The standard InChI is InChI=1S/C18H17NO3/c1-20-16-11-14(10-9-13-7-5-4-6-8-13)15(18(19)22-3)12-17(16)21-2/h4-8,11-12,19H,1-3H3. The van der Waals surface area contributed by atoms with Gasteiger partial charge in [-0.2, -0.15) is 0 Å². The molecule has 0 amide bonds. The van der Waals surface area contributed by atoms with Crippen molar-refractivity contribution in [3.05, 3.63) is 59.2 Å². The van der Waals surface area contributed by atoms with Crippen molar-refractivity contribution in [3.8, 4) is 23.3 Å². The predicted molar refractivity (Wildman–Crippen MR) is 85.8 cm³/mol. The summed E-state index contributed by atoms with van der Waals surface area (Å²) in [6, 6.07) is 13.1. The Bertz CT molecular complexity index is 727. The lowest BCUT2D eigenvalue weighted by Crippen LogP contribution is -2.05. The van der Waals surface area contributed by atoms with E-state index in [-0.39, 0.29) is 5.90 Å². The zero-order valence-electron chi connectivity index (χ0n) is 12.8. The molecule has 2 aromatic carbocycles. The lowest BCUT2D eigenvalue weighted by molar-refractivity contribution is 0.354. The summed E-state index contributed by atoms with van der Waals surface area (Å²) in [5.74, 6) is 7.26. The maximum absolute atomic E-state index is 7.92. The van der Waals surface area contributed by atoms with Gasteiger partial charge in [0.15, 0.2) is 11.5 Å². The Kier molecular flexibility index (Phi) is 5.05. The molecule has 0 radical (unpaired) electrons. The van der Waals surface area contributed by atoms with Crippen molar-refractivity contribution in [3.63, 3.8) is 0 Å². The van der Waals surface area contributed by atoms with E-state index in [1.807, 2.05) is 30.3 Å². The van der Waals surface area contributed by atoms with Crippen molar-refractivity contribution < 1.29 is 14.2 Å². The molecule has 0 aliphatic rings. The predicted octanol–water partition coefficient (Wildman–Crippen LogP) is 3.08. The van der Waals surface area contributed by atoms with Gasteiger partial charge in [0.25, 0.3) is 0 Å². The van der Waals surface area contributed by atoms with Crippen molar-refractivity contribution >= 4 is 5.90 Å².